The molecule has 2 heterocycles. The van der Waals surface area contributed by atoms with Crippen LogP contribution in [0.3, 0.4) is 0 Å². The molecule has 0 aliphatic heterocycles. The Hall–Kier alpha value is -2.92. The standard InChI is InChI=1S/C20H15NO3S/c22-19(23-11-15-13-25-18-9-5-4-8-17(15)18)10-16-12-24-20(21-16)14-6-2-1-3-7-14/h1-9,12-13H,10-11H2. The molecular weight excluding hydrogens is 334 g/mol. The molecular formula is C20H15NO3S. The van der Waals surface area contributed by atoms with Crippen molar-refractivity contribution in [2.24, 2.45) is 0 Å². The van der Waals surface area contributed by atoms with Crippen molar-refractivity contribution in [2.75, 3.05) is 0 Å². The quantitative estimate of drug-likeness (QED) is 0.484. The lowest BCUT2D eigenvalue weighted by Gasteiger charge is -2.02. The van der Waals surface area contributed by atoms with Gasteiger partial charge >= 0.3 is 5.97 Å². The molecule has 0 fully saturated rings. The van der Waals surface area contributed by atoms with E-state index >= 15 is 0 Å². The number of hydrogen-bond donors (Lipinski definition) is 0. The fourth-order valence-electron chi connectivity index (χ4n) is 2.60. The first kappa shape index (κ1) is 15.6. The highest BCUT2D eigenvalue weighted by atomic mass is 32.1. The number of fused-ring (bicyclic) bond motifs is 1. The van der Waals surface area contributed by atoms with Gasteiger partial charge in [0, 0.05) is 15.8 Å². The normalized spacial score (nSPS) is 10.9. The van der Waals surface area contributed by atoms with Crippen molar-refractivity contribution in [2.45, 2.75) is 13.0 Å². The number of oxazole rings is 1. The Balaban J connectivity index is 1.39. The minimum atomic E-state index is -0.316. The van der Waals surface area contributed by atoms with Crippen LogP contribution in [0.4, 0.5) is 0 Å². The third kappa shape index (κ3) is 3.46. The van der Waals surface area contributed by atoms with Gasteiger partial charge in [-0.1, -0.05) is 36.4 Å². The number of aromatic nitrogens is 1. The third-order valence-corrected chi connectivity index (χ3v) is 4.86. The Morgan fingerprint density at radius 3 is 2.76 bits per heavy atom. The van der Waals surface area contributed by atoms with Gasteiger partial charge in [-0.2, -0.15) is 0 Å². The average molecular weight is 349 g/mol. The van der Waals surface area contributed by atoms with E-state index < -0.39 is 0 Å². The smallest absolute Gasteiger partial charge is 0.312 e. The van der Waals surface area contributed by atoms with Crippen molar-refractivity contribution in [3.8, 4) is 11.5 Å². The third-order valence-electron chi connectivity index (χ3n) is 3.85. The molecule has 2 aromatic carbocycles. The molecule has 0 aliphatic rings. The largest absolute Gasteiger partial charge is 0.460 e. The molecule has 0 bridgehead atoms. The predicted octanol–water partition coefficient (Wildman–Crippen LogP) is 4.84. The molecule has 0 saturated carbocycles. The summed E-state index contributed by atoms with van der Waals surface area (Å²) in [4.78, 5) is 16.4. The molecule has 5 heteroatoms. The lowest BCUT2D eigenvalue weighted by molar-refractivity contribution is -0.144. The number of esters is 1. The van der Waals surface area contributed by atoms with Crippen molar-refractivity contribution in [3.63, 3.8) is 0 Å². The molecule has 124 valence electrons. The van der Waals surface area contributed by atoms with Gasteiger partial charge in [-0.15, -0.1) is 11.3 Å². The van der Waals surface area contributed by atoms with Crippen molar-refractivity contribution in [1.82, 2.24) is 4.98 Å². The van der Waals surface area contributed by atoms with Gasteiger partial charge in [-0.25, -0.2) is 4.98 Å². The van der Waals surface area contributed by atoms with Crippen LogP contribution in [0.2, 0.25) is 0 Å². The van der Waals surface area contributed by atoms with Crippen LogP contribution >= 0.6 is 11.3 Å². The van der Waals surface area contributed by atoms with Crippen molar-refractivity contribution in [1.29, 1.82) is 0 Å². The van der Waals surface area contributed by atoms with E-state index in [-0.39, 0.29) is 19.0 Å². The van der Waals surface area contributed by atoms with Crippen LogP contribution in [0.5, 0.6) is 0 Å². The van der Waals surface area contributed by atoms with Gasteiger partial charge in [-0.3, -0.25) is 4.79 Å². The summed E-state index contributed by atoms with van der Waals surface area (Å²) in [5.74, 6) is 0.190. The van der Waals surface area contributed by atoms with Crippen LogP contribution in [0.15, 0.2) is 70.7 Å². The molecule has 25 heavy (non-hydrogen) atoms. The van der Waals surface area contributed by atoms with Crippen LogP contribution in [0.25, 0.3) is 21.5 Å². The predicted molar refractivity (Wildman–Crippen MR) is 97.3 cm³/mol. The zero-order valence-electron chi connectivity index (χ0n) is 13.3. The number of carbonyl (C=O) groups is 1. The van der Waals surface area contributed by atoms with E-state index in [0.29, 0.717) is 11.6 Å². The van der Waals surface area contributed by atoms with Crippen LogP contribution in [-0.2, 0) is 22.6 Å². The minimum absolute atomic E-state index is 0.0956. The van der Waals surface area contributed by atoms with E-state index in [1.807, 2.05) is 53.9 Å². The van der Waals surface area contributed by atoms with Crippen LogP contribution < -0.4 is 0 Å². The highest BCUT2D eigenvalue weighted by Gasteiger charge is 2.12. The molecule has 0 spiro atoms. The van der Waals surface area contributed by atoms with E-state index in [1.54, 1.807) is 11.3 Å². The number of hydrogen-bond acceptors (Lipinski definition) is 5. The highest BCUT2D eigenvalue weighted by Crippen LogP contribution is 2.26. The maximum absolute atomic E-state index is 12.1. The number of benzene rings is 2. The first-order valence-electron chi connectivity index (χ1n) is 7.90. The number of ether oxygens (including phenoxy) is 1. The van der Waals surface area contributed by atoms with E-state index in [4.69, 9.17) is 9.15 Å². The van der Waals surface area contributed by atoms with Crippen molar-refractivity contribution >= 4 is 27.4 Å². The Morgan fingerprint density at radius 1 is 1.08 bits per heavy atom. The maximum Gasteiger partial charge on any atom is 0.312 e. The summed E-state index contributed by atoms with van der Waals surface area (Å²) in [6.07, 6.45) is 1.60. The Labute approximate surface area is 148 Å². The fraction of sp³-hybridized carbons (Fsp3) is 0.100. The molecule has 4 rings (SSSR count). The van der Waals surface area contributed by atoms with E-state index in [9.17, 15) is 4.79 Å². The first-order chi connectivity index (χ1) is 12.3. The maximum atomic E-state index is 12.1. The molecule has 2 aromatic heterocycles. The Morgan fingerprint density at radius 2 is 1.88 bits per heavy atom. The minimum Gasteiger partial charge on any atom is -0.460 e. The molecule has 0 aliphatic carbocycles. The summed E-state index contributed by atoms with van der Waals surface area (Å²) in [5, 5.41) is 3.16. The Kier molecular flexibility index (Phi) is 4.31. The zero-order valence-corrected chi connectivity index (χ0v) is 14.2. The molecule has 0 unspecified atom stereocenters. The second kappa shape index (κ2) is 6.91. The van der Waals surface area contributed by atoms with Gasteiger partial charge in [0.15, 0.2) is 0 Å². The second-order valence-corrected chi connectivity index (χ2v) is 6.52. The van der Waals surface area contributed by atoms with Gasteiger partial charge < -0.3 is 9.15 Å². The summed E-state index contributed by atoms with van der Waals surface area (Å²) in [6, 6.07) is 17.7. The number of nitrogens with zero attached hydrogens (tertiary/aromatic N) is 1. The molecule has 0 N–H and O–H groups in total. The number of rotatable bonds is 5. The lowest BCUT2D eigenvalue weighted by Crippen LogP contribution is -2.08. The molecule has 0 radical (unpaired) electrons. The summed E-state index contributed by atoms with van der Waals surface area (Å²) in [6.45, 7) is 0.270. The highest BCUT2D eigenvalue weighted by molar-refractivity contribution is 7.17. The topological polar surface area (TPSA) is 52.3 Å². The second-order valence-electron chi connectivity index (χ2n) is 5.60. The molecule has 0 amide bonds. The molecule has 4 aromatic rings. The van der Waals surface area contributed by atoms with Gasteiger partial charge in [0.2, 0.25) is 5.89 Å². The van der Waals surface area contributed by atoms with E-state index in [2.05, 4.69) is 11.1 Å². The molecule has 4 nitrogen and oxygen atoms in total. The molecule has 0 atom stereocenters. The monoisotopic (exact) mass is 349 g/mol. The molecule has 0 saturated heterocycles. The van der Waals surface area contributed by atoms with Gasteiger partial charge in [-0.05, 0) is 29.0 Å². The van der Waals surface area contributed by atoms with Crippen LogP contribution in [0, 0.1) is 0 Å². The van der Waals surface area contributed by atoms with Gasteiger partial charge in [0.05, 0.1) is 12.1 Å². The van der Waals surface area contributed by atoms with E-state index in [1.165, 1.54) is 11.0 Å². The van der Waals surface area contributed by atoms with Gasteiger partial charge in [0.25, 0.3) is 0 Å². The summed E-state index contributed by atoms with van der Waals surface area (Å²) in [5.41, 5.74) is 2.48. The van der Waals surface area contributed by atoms with E-state index in [0.717, 1.165) is 16.5 Å². The van der Waals surface area contributed by atoms with Crippen LogP contribution in [0.1, 0.15) is 11.3 Å². The summed E-state index contributed by atoms with van der Waals surface area (Å²) < 4.78 is 12.0. The average Bonchev–Trinajstić information content (AvgIpc) is 3.28. The SMILES string of the molecule is O=C(Cc1coc(-c2ccccc2)n1)OCc1csc2ccccc12. The zero-order chi connectivity index (χ0) is 17.1. The fourth-order valence-corrected chi connectivity index (χ4v) is 3.55. The van der Waals surface area contributed by atoms with Crippen LogP contribution in [-0.4, -0.2) is 11.0 Å². The lowest BCUT2D eigenvalue weighted by atomic mass is 10.2. The Bertz CT molecular complexity index is 1000. The first-order valence-corrected chi connectivity index (χ1v) is 8.78. The van der Waals surface area contributed by atoms with Crippen molar-refractivity contribution < 1.29 is 13.9 Å². The summed E-state index contributed by atoms with van der Waals surface area (Å²) in [7, 11) is 0. The van der Waals surface area contributed by atoms with Crippen molar-refractivity contribution in [3.05, 3.63) is 77.5 Å². The van der Waals surface area contributed by atoms with Gasteiger partial charge in [0.1, 0.15) is 12.9 Å². The summed E-state index contributed by atoms with van der Waals surface area (Å²) >= 11 is 1.65. The number of thiophene rings is 1. The number of carbonyl (C=O) groups excluding carboxylic acids is 1.